The number of rotatable bonds is 4. The Labute approximate surface area is 110 Å². The second kappa shape index (κ2) is 6.50. The van der Waals surface area contributed by atoms with Gasteiger partial charge in [-0.15, -0.1) is 0 Å². The maximum absolute atomic E-state index is 12.3. The number of piperazine rings is 1. The van der Waals surface area contributed by atoms with E-state index in [4.69, 9.17) is 0 Å². The predicted octanol–water partition coefficient (Wildman–Crippen LogP) is -0.556. The first-order chi connectivity index (χ1) is 8.70. The molecule has 0 saturated carbocycles. The van der Waals surface area contributed by atoms with Crippen molar-refractivity contribution in [3.63, 3.8) is 0 Å². The van der Waals surface area contributed by atoms with Crippen LogP contribution in [0.15, 0.2) is 0 Å². The van der Waals surface area contributed by atoms with Gasteiger partial charge in [-0.05, 0) is 26.6 Å². The molecular weight excluding hydrogens is 228 g/mol. The molecule has 0 radical (unpaired) electrons. The van der Waals surface area contributed by atoms with E-state index in [0.717, 1.165) is 45.8 Å². The molecule has 0 aliphatic carbocycles. The first-order valence-electron chi connectivity index (χ1n) is 7.11. The van der Waals surface area contributed by atoms with Gasteiger partial charge in [0.2, 0.25) is 5.91 Å². The predicted molar refractivity (Wildman–Crippen MR) is 72.6 cm³/mol. The average molecular weight is 254 g/mol. The fraction of sp³-hybridized carbons (Fsp3) is 0.923. The summed E-state index contributed by atoms with van der Waals surface area (Å²) in [5.41, 5.74) is 0. The van der Waals surface area contributed by atoms with Crippen LogP contribution in [0.3, 0.4) is 0 Å². The highest BCUT2D eigenvalue weighted by molar-refractivity contribution is 5.78. The van der Waals surface area contributed by atoms with E-state index in [1.807, 2.05) is 4.90 Å². The molecule has 2 aliphatic heterocycles. The zero-order chi connectivity index (χ0) is 13.0. The van der Waals surface area contributed by atoms with Crippen molar-refractivity contribution in [1.29, 1.82) is 0 Å². The number of hydrogen-bond acceptors (Lipinski definition) is 4. The van der Waals surface area contributed by atoms with Gasteiger partial charge in [0.05, 0.1) is 6.54 Å². The van der Waals surface area contributed by atoms with Crippen LogP contribution in [0.5, 0.6) is 0 Å². The minimum Gasteiger partial charge on any atom is -0.339 e. The van der Waals surface area contributed by atoms with Crippen LogP contribution >= 0.6 is 0 Å². The Morgan fingerprint density at radius 1 is 1.33 bits per heavy atom. The van der Waals surface area contributed by atoms with Crippen LogP contribution in [0.4, 0.5) is 0 Å². The summed E-state index contributed by atoms with van der Waals surface area (Å²) in [4.78, 5) is 18.9. The van der Waals surface area contributed by atoms with Crippen molar-refractivity contribution in [1.82, 2.24) is 20.0 Å². The summed E-state index contributed by atoms with van der Waals surface area (Å²) in [6.45, 7) is 9.60. The molecule has 0 aromatic heterocycles. The van der Waals surface area contributed by atoms with Gasteiger partial charge >= 0.3 is 0 Å². The molecule has 1 unspecified atom stereocenters. The first kappa shape index (κ1) is 13.8. The molecule has 2 fully saturated rings. The fourth-order valence-electron chi connectivity index (χ4n) is 2.78. The van der Waals surface area contributed by atoms with Gasteiger partial charge in [-0.3, -0.25) is 9.69 Å². The Morgan fingerprint density at radius 2 is 2.06 bits per heavy atom. The van der Waals surface area contributed by atoms with Crippen LogP contribution in [0, 0.1) is 0 Å². The van der Waals surface area contributed by atoms with Crippen LogP contribution in [0.1, 0.15) is 13.3 Å². The van der Waals surface area contributed by atoms with Crippen molar-refractivity contribution in [3.05, 3.63) is 0 Å². The number of likely N-dealkylation sites (N-methyl/N-ethyl adjacent to an activating group) is 2. The Bertz CT molecular complexity index is 270. The molecule has 0 aromatic carbocycles. The zero-order valence-corrected chi connectivity index (χ0v) is 11.7. The summed E-state index contributed by atoms with van der Waals surface area (Å²) >= 11 is 0. The summed E-state index contributed by atoms with van der Waals surface area (Å²) in [5.74, 6) is 0.303. The third-order valence-corrected chi connectivity index (χ3v) is 4.15. The van der Waals surface area contributed by atoms with E-state index in [1.54, 1.807) is 0 Å². The standard InChI is InChI=1S/C13H26N4O/c1-3-16(12-4-5-14-10-12)11-13(18)17-8-6-15(2)7-9-17/h12,14H,3-11H2,1-2H3. The molecule has 1 atom stereocenters. The molecule has 0 aromatic rings. The molecule has 18 heavy (non-hydrogen) atoms. The minimum atomic E-state index is 0.303. The zero-order valence-electron chi connectivity index (χ0n) is 11.7. The molecule has 2 heterocycles. The SMILES string of the molecule is CCN(CC(=O)N1CCN(C)CC1)C1CCNC1. The molecule has 104 valence electrons. The lowest BCUT2D eigenvalue weighted by Gasteiger charge is -2.35. The summed E-state index contributed by atoms with van der Waals surface area (Å²) in [7, 11) is 2.12. The largest absolute Gasteiger partial charge is 0.339 e. The van der Waals surface area contributed by atoms with Crippen molar-refractivity contribution in [2.24, 2.45) is 0 Å². The Hall–Kier alpha value is -0.650. The fourth-order valence-corrected chi connectivity index (χ4v) is 2.78. The van der Waals surface area contributed by atoms with Crippen LogP contribution in [-0.2, 0) is 4.79 Å². The lowest BCUT2D eigenvalue weighted by molar-refractivity contribution is -0.134. The molecule has 0 bridgehead atoms. The molecule has 2 rings (SSSR count). The van der Waals surface area contributed by atoms with Crippen molar-refractivity contribution >= 4 is 5.91 Å². The normalized spacial score (nSPS) is 25.9. The maximum Gasteiger partial charge on any atom is 0.236 e. The van der Waals surface area contributed by atoms with Crippen LogP contribution < -0.4 is 5.32 Å². The minimum absolute atomic E-state index is 0.303. The maximum atomic E-state index is 12.3. The van der Waals surface area contributed by atoms with Crippen LogP contribution in [0.25, 0.3) is 0 Å². The number of nitrogens with one attached hydrogen (secondary N) is 1. The summed E-state index contributed by atoms with van der Waals surface area (Å²) in [6.07, 6.45) is 1.17. The topological polar surface area (TPSA) is 38.8 Å². The van der Waals surface area contributed by atoms with Gasteiger partial charge in [-0.1, -0.05) is 6.92 Å². The van der Waals surface area contributed by atoms with E-state index in [1.165, 1.54) is 6.42 Å². The molecule has 1 N–H and O–H groups in total. The molecule has 5 heteroatoms. The Morgan fingerprint density at radius 3 is 2.61 bits per heavy atom. The number of hydrogen-bond donors (Lipinski definition) is 1. The quantitative estimate of drug-likeness (QED) is 0.730. The molecule has 0 spiro atoms. The Kier molecular flexibility index (Phi) is 4.97. The van der Waals surface area contributed by atoms with Crippen molar-refractivity contribution in [3.8, 4) is 0 Å². The van der Waals surface area contributed by atoms with Crippen molar-refractivity contribution in [2.75, 3.05) is 59.4 Å². The molecule has 1 amide bonds. The number of carbonyl (C=O) groups excluding carboxylic acids is 1. The van der Waals surface area contributed by atoms with Gasteiger partial charge in [-0.2, -0.15) is 0 Å². The van der Waals surface area contributed by atoms with Gasteiger partial charge in [-0.25, -0.2) is 0 Å². The molecule has 5 nitrogen and oxygen atoms in total. The van der Waals surface area contributed by atoms with Crippen LogP contribution in [-0.4, -0.2) is 86.1 Å². The van der Waals surface area contributed by atoms with Gasteiger partial charge < -0.3 is 15.1 Å². The van der Waals surface area contributed by atoms with Gasteiger partial charge in [0.1, 0.15) is 0 Å². The van der Waals surface area contributed by atoms with Crippen LogP contribution in [0.2, 0.25) is 0 Å². The highest BCUT2D eigenvalue weighted by atomic mass is 16.2. The molecule has 2 aliphatic rings. The van der Waals surface area contributed by atoms with Gasteiger partial charge in [0.15, 0.2) is 0 Å². The average Bonchev–Trinajstić information content (AvgIpc) is 2.90. The number of carbonyl (C=O) groups is 1. The van der Waals surface area contributed by atoms with Crippen molar-refractivity contribution < 1.29 is 4.79 Å². The second-order valence-corrected chi connectivity index (χ2v) is 5.39. The van der Waals surface area contributed by atoms with Gasteiger partial charge in [0.25, 0.3) is 0 Å². The van der Waals surface area contributed by atoms with E-state index in [0.29, 0.717) is 18.5 Å². The highest BCUT2D eigenvalue weighted by Gasteiger charge is 2.26. The third-order valence-electron chi connectivity index (χ3n) is 4.15. The third kappa shape index (κ3) is 3.43. The lowest BCUT2D eigenvalue weighted by Crippen LogP contribution is -2.51. The molecular formula is C13H26N4O. The first-order valence-corrected chi connectivity index (χ1v) is 7.11. The monoisotopic (exact) mass is 254 g/mol. The van der Waals surface area contributed by atoms with Gasteiger partial charge in [0, 0.05) is 38.8 Å². The molecule has 2 saturated heterocycles. The summed E-state index contributed by atoms with van der Waals surface area (Å²) in [6, 6.07) is 0.548. The van der Waals surface area contributed by atoms with E-state index in [-0.39, 0.29) is 0 Å². The smallest absolute Gasteiger partial charge is 0.236 e. The summed E-state index contributed by atoms with van der Waals surface area (Å²) in [5, 5.41) is 3.37. The van der Waals surface area contributed by atoms with Crippen molar-refractivity contribution in [2.45, 2.75) is 19.4 Å². The lowest BCUT2D eigenvalue weighted by atomic mass is 10.2. The van der Waals surface area contributed by atoms with E-state index in [9.17, 15) is 4.79 Å². The number of nitrogens with zero attached hydrogens (tertiary/aromatic N) is 3. The van der Waals surface area contributed by atoms with E-state index >= 15 is 0 Å². The number of amides is 1. The summed E-state index contributed by atoms with van der Waals surface area (Å²) < 4.78 is 0. The van der Waals surface area contributed by atoms with E-state index in [2.05, 4.69) is 29.1 Å². The Balaban J connectivity index is 1.81. The highest BCUT2D eigenvalue weighted by Crippen LogP contribution is 2.09. The second-order valence-electron chi connectivity index (χ2n) is 5.39. The van der Waals surface area contributed by atoms with E-state index < -0.39 is 0 Å².